The van der Waals surface area contributed by atoms with Gasteiger partial charge in [-0.3, -0.25) is 29.4 Å². The molecule has 0 N–H and O–H groups in total. The molecule has 2 aromatic rings. The molecular weight excluding hydrogens is 476 g/mol. The van der Waals surface area contributed by atoms with E-state index in [0.29, 0.717) is 18.2 Å². The molecule has 35 heavy (non-hydrogen) atoms. The summed E-state index contributed by atoms with van der Waals surface area (Å²) in [4.78, 5) is 49.0. The molecule has 1 fully saturated rings. The lowest BCUT2D eigenvalue weighted by molar-refractivity contribution is -0.385. The number of hydrogen-bond acceptors (Lipinski definition) is 9. The standard InChI is InChI=1S/C24H24N2O8S/c1-4-15(2)34-22(27)13-25-23(28)21(35-24(25)29)11-17-10-19(32-3)20(12-18(17)26(30)31)33-14-16-8-6-5-7-9-16/h5-12,15H,4,13-14H2,1-3H3/b21-11+/t15-/m0/s1. The maximum absolute atomic E-state index is 12.8. The molecule has 0 bridgehead atoms. The van der Waals surface area contributed by atoms with Crippen LogP contribution < -0.4 is 9.47 Å². The quantitative estimate of drug-likeness (QED) is 0.200. The van der Waals surface area contributed by atoms with Gasteiger partial charge in [-0.2, -0.15) is 0 Å². The van der Waals surface area contributed by atoms with E-state index in [0.717, 1.165) is 10.5 Å². The molecule has 0 radical (unpaired) electrons. The van der Waals surface area contributed by atoms with Gasteiger partial charge in [-0.15, -0.1) is 0 Å². The van der Waals surface area contributed by atoms with Gasteiger partial charge in [0.1, 0.15) is 13.2 Å². The van der Waals surface area contributed by atoms with E-state index in [9.17, 15) is 24.5 Å². The van der Waals surface area contributed by atoms with Crippen molar-refractivity contribution in [2.75, 3.05) is 13.7 Å². The minimum atomic E-state index is -0.737. The molecule has 0 saturated carbocycles. The third-order valence-corrected chi connectivity index (χ3v) is 6.01. The van der Waals surface area contributed by atoms with Gasteiger partial charge in [0.2, 0.25) is 0 Å². The molecule has 3 rings (SSSR count). The smallest absolute Gasteiger partial charge is 0.326 e. The van der Waals surface area contributed by atoms with E-state index in [1.54, 1.807) is 6.92 Å². The van der Waals surface area contributed by atoms with Gasteiger partial charge in [0.25, 0.3) is 16.8 Å². The molecule has 1 saturated heterocycles. The van der Waals surface area contributed by atoms with Crippen LogP contribution in [0.4, 0.5) is 10.5 Å². The van der Waals surface area contributed by atoms with E-state index in [2.05, 4.69) is 0 Å². The molecule has 11 heteroatoms. The van der Waals surface area contributed by atoms with E-state index < -0.39 is 28.6 Å². The summed E-state index contributed by atoms with van der Waals surface area (Å²) >= 11 is 0.585. The van der Waals surface area contributed by atoms with Gasteiger partial charge in [-0.1, -0.05) is 37.3 Å². The molecule has 2 amide bonds. The van der Waals surface area contributed by atoms with Gasteiger partial charge < -0.3 is 14.2 Å². The molecule has 2 aromatic carbocycles. The second-order valence-corrected chi connectivity index (χ2v) is 8.56. The number of methoxy groups -OCH3 is 1. The Morgan fingerprint density at radius 2 is 1.91 bits per heavy atom. The monoisotopic (exact) mass is 500 g/mol. The summed E-state index contributed by atoms with van der Waals surface area (Å²) in [6.45, 7) is 3.16. The number of nitro groups is 1. The summed E-state index contributed by atoms with van der Waals surface area (Å²) in [5.41, 5.74) is 0.574. The number of nitro benzene ring substituents is 1. The summed E-state index contributed by atoms with van der Waals surface area (Å²) in [6, 6.07) is 11.8. The zero-order valence-corrected chi connectivity index (χ0v) is 20.2. The Balaban J connectivity index is 1.86. The highest BCUT2D eigenvalue weighted by Crippen LogP contribution is 2.39. The number of ether oxygens (including phenoxy) is 3. The van der Waals surface area contributed by atoms with Gasteiger partial charge >= 0.3 is 5.97 Å². The van der Waals surface area contributed by atoms with Crippen LogP contribution in [0.15, 0.2) is 47.4 Å². The SMILES string of the molecule is CC[C@H](C)OC(=O)CN1C(=O)S/C(=C/c2cc(OC)c(OCc3ccccc3)cc2[N+](=O)[O-])C1=O. The normalized spacial score (nSPS) is 15.3. The van der Waals surface area contributed by atoms with Crippen LogP contribution in [0.5, 0.6) is 11.5 Å². The Bertz CT molecular complexity index is 1170. The number of carbonyl (C=O) groups excluding carboxylic acids is 3. The Morgan fingerprint density at radius 1 is 1.20 bits per heavy atom. The first-order valence-corrected chi connectivity index (χ1v) is 11.5. The highest BCUT2D eigenvalue weighted by Gasteiger charge is 2.37. The fraction of sp³-hybridized carbons (Fsp3) is 0.292. The number of carbonyl (C=O) groups is 3. The van der Waals surface area contributed by atoms with Crippen LogP contribution in [-0.4, -0.2) is 46.7 Å². The second kappa shape index (κ2) is 11.5. The van der Waals surface area contributed by atoms with Crippen molar-refractivity contribution in [1.29, 1.82) is 0 Å². The number of rotatable bonds is 10. The van der Waals surface area contributed by atoms with Crippen molar-refractivity contribution in [2.24, 2.45) is 0 Å². The molecule has 1 aliphatic rings. The van der Waals surface area contributed by atoms with Gasteiger partial charge in [0.05, 0.1) is 34.7 Å². The zero-order chi connectivity index (χ0) is 25.5. The van der Waals surface area contributed by atoms with Crippen LogP contribution in [-0.2, 0) is 20.9 Å². The van der Waals surface area contributed by atoms with Crippen molar-refractivity contribution in [1.82, 2.24) is 4.90 Å². The number of benzene rings is 2. The molecule has 0 aliphatic carbocycles. The number of esters is 1. The van der Waals surface area contributed by atoms with Crippen LogP contribution in [0.25, 0.3) is 6.08 Å². The topological polar surface area (TPSA) is 125 Å². The summed E-state index contributed by atoms with van der Waals surface area (Å²) in [6.07, 6.45) is 1.46. The molecule has 1 atom stereocenters. The van der Waals surface area contributed by atoms with Crippen molar-refractivity contribution in [3.8, 4) is 11.5 Å². The maximum atomic E-state index is 12.8. The predicted octanol–water partition coefficient (Wildman–Crippen LogP) is 4.56. The first kappa shape index (κ1) is 25.8. The summed E-state index contributed by atoms with van der Waals surface area (Å²) < 4.78 is 16.2. The minimum absolute atomic E-state index is 0.0478. The third kappa shape index (κ3) is 6.38. The summed E-state index contributed by atoms with van der Waals surface area (Å²) in [7, 11) is 1.39. The maximum Gasteiger partial charge on any atom is 0.326 e. The van der Waals surface area contributed by atoms with E-state index in [1.807, 2.05) is 37.3 Å². The second-order valence-electron chi connectivity index (χ2n) is 7.57. The molecule has 1 heterocycles. The highest BCUT2D eigenvalue weighted by atomic mass is 32.2. The fourth-order valence-electron chi connectivity index (χ4n) is 3.10. The summed E-state index contributed by atoms with van der Waals surface area (Å²) in [5.74, 6) is -1.08. The lowest BCUT2D eigenvalue weighted by Gasteiger charge is -2.15. The Labute approximate surface area is 206 Å². The van der Waals surface area contributed by atoms with Crippen molar-refractivity contribution in [3.05, 3.63) is 68.6 Å². The van der Waals surface area contributed by atoms with E-state index in [4.69, 9.17) is 14.2 Å². The van der Waals surface area contributed by atoms with Gasteiger partial charge in [-0.05, 0) is 42.8 Å². The molecule has 0 spiro atoms. The molecule has 10 nitrogen and oxygen atoms in total. The van der Waals surface area contributed by atoms with Crippen molar-refractivity contribution >= 4 is 40.6 Å². The van der Waals surface area contributed by atoms with Crippen LogP contribution in [0.2, 0.25) is 0 Å². The lowest BCUT2D eigenvalue weighted by Crippen LogP contribution is -2.35. The molecule has 0 unspecified atom stereocenters. The molecule has 0 aromatic heterocycles. The number of nitrogens with zero attached hydrogens (tertiary/aromatic N) is 2. The molecule has 184 valence electrons. The first-order chi connectivity index (χ1) is 16.7. The number of imide groups is 1. The average molecular weight is 501 g/mol. The van der Waals surface area contributed by atoms with Crippen molar-refractivity contribution in [3.63, 3.8) is 0 Å². The summed E-state index contributed by atoms with van der Waals surface area (Å²) in [5, 5.41) is 11.1. The number of hydrogen-bond donors (Lipinski definition) is 0. The lowest BCUT2D eigenvalue weighted by atomic mass is 10.1. The minimum Gasteiger partial charge on any atom is -0.493 e. The van der Waals surface area contributed by atoms with E-state index in [-0.39, 0.29) is 40.4 Å². The average Bonchev–Trinajstić information content (AvgIpc) is 3.10. The Kier molecular flexibility index (Phi) is 8.48. The highest BCUT2D eigenvalue weighted by molar-refractivity contribution is 8.18. The van der Waals surface area contributed by atoms with Crippen LogP contribution >= 0.6 is 11.8 Å². The van der Waals surface area contributed by atoms with Crippen molar-refractivity contribution < 1.29 is 33.5 Å². The van der Waals surface area contributed by atoms with Gasteiger partial charge in [0, 0.05) is 0 Å². The molecular formula is C24H24N2O8S. The Hall–Kier alpha value is -3.86. The predicted molar refractivity (Wildman–Crippen MR) is 129 cm³/mol. The van der Waals surface area contributed by atoms with E-state index in [1.165, 1.54) is 25.3 Å². The molecule has 1 aliphatic heterocycles. The Morgan fingerprint density at radius 3 is 2.54 bits per heavy atom. The third-order valence-electron chi connectivity index (χ3n) is 5.10. The largest absolute Gasteiger partial charge is 0.493 e. The van der Waals surface area contributed by atoms with Gasteiger partial charge in [0.15, 0.2) is 11.5 Å². The van der Waals surface area contributed by atoms with Crippen LogP contribution in [0, 0.1) is 10.1 Å². The number of amides is 2. The van der Waals surface area contributed by atoms with Gasteiger partial charge in [-0.25, -0.2) is 0 Å². The van der Waals surface area contributed by atoms with Crippen LogP contribution in [0.3, 0.4) is 0 Å². The van der Waals surface area contributed by atoms with E-state index >= 15 is 0 Å². The first-order valence-electron chi connectivity index (χ1n) is 10.7. The van der Waals surface area contributed by atoms with Crippen LogP contribution in [0.1, 0.15) is 31.4 Å². The number of thioether (sulfide) groups is 1. The zero-order valence-electron chi connectivity index (χ0n) is 19.4. The fourth-order valence-corrected chi connectivity index (χ4v) is 3.93. The van der Waals surface area contributed by atoms with Crippen molar-refractivity contribution in [2.45, 2.75) is 33.0 Å².